The minimum atomic E-state index is -1.18. The molecule has 0 aliphatic rings. The number of aliphatic hydroxyl groups is 1. The average molecular weight is 418 g/mol. The Morgan fingerprint density at radius 1 is 1.00 bits per heavy atom. The van der Waals surface area contributed by atoms with Crippen LogP contribution in [0.3, 0.4) is 0 Å². The zero-order valence-corrected chi connectivity index (χ0v) is 18.0. The Hall–Kier alpha value is -3.45. The van der Waals surface area contributed by atoms with Gasteiger partial charge in [-0.3, -0.25) is 4.68 Å². The molecule has 160 valence electrons. The molecule has 2 aromatic carbocycles. The van der Waals surface area contributed by atoms with Gasteiger partial charge in [-0.2, -0.15) is 5.10 Å². The number of hydrogen-bond donors (Lipinski definition) is 2. The van der Waals surface area contributed by atoms with Gasteiger partial charge in [0.15, 0.2) is 0 Å². The Bertz CT molecular complexity index is 1120. The minimum Gasteiger partial charge on any atom is -0.405 e. The van der Waals surface area contributed by atoms with Crippen molar-refractivity contribution >= 4 is 6.01 Å². The Balaban J connectivity index is 1.60. The fourth-order valence-electron chi connectivity index (χ4n) is 3.30. The van der Waals surface area contributed by atoms with Crippen LogP contribution in [0.2, 0.25) is 0 Å². The first-order chi connectivity index (χ1) is 14.9. The van der Waals surface area contributed by atoms with Crippen LogP contribution in [0, 0.1) is 0 Å². The van der Waals surface area contributed by atoms with Crippen LogP contribution in [0.15, 0.2) is 65.2 Å². The molecule has 0 unspecified atom stereocenters. The molecule has 0 amide bonds. The van der Waals surface area contributed by atoms with Crippen molar-refractivity contribution < 1.29 is 9.52 Å². The van der Waals surface area contributed by atoms with E-state index in [9.17, 15) is 5.11 Å². The minimum absolute atomic E-state index is 0.171. The topological polar surface area (TPSA) is 89.0 Å². The third-order valence-electron chi connectivity index (χ3n) is 5.04. The van der Waals surface area contributed by atoms with Crippen molar-refractivity contribution in [1.82, 2.24) is 20.0 Å². The first-order valence-electron chi connectivity index (χ1n) is 10.4. The molecule has 0 saturated carbocycles. The van der Waals surface area contributed by atoms with E-state index in [1.54, 1.807) is 13.8 Å². The molecule has 31 heavy (non-hydrogen) atoms. The second-order valence-corrected chi connectivity index (χ2v) is 8.06. The van der Waals surface area contributed by atoms with Crippen molar-refractivity contribution in [1.29, 1.82) is 0 Å². The van der Waals surface area contributed by atoms with E-state index in [1.807, 2.05) is 29.1 Å². The molecular weight excluding hydrogens is 390 g/mol. The van der Waals surface area contributed by atoms with Gasteiger partial charge in [0.1, 0.15) is 5.60 Å². The van der Waals surface area contributed by atoms with E-state index < -0.39 is 5.60 Å². The highest BCUT2D eigenvalue weighted by Crippen LogP contribution is 2.25. The number of aromatic nitrogens is 4. The lowest BCUT2D eigenvalue weighted by molar-refractivity contribution is 0.0489. The van der Waals surface area contributed by atoms with Gasteiger partial charge in [0.2, 0.25) is 5.89 Å². The molecule has 7 nitrogen and oxygen atoms in total. The van der Waals surface area contributed by atoms with Crippen LogP contribution in [0.1, 0.15) is 43.4 Å². The number of nitrogens with zero attached hydrogens (tertiary/aromatic N) is 4. The first-order valence-corrected chi connectivity index (χ1v) is 10.4. The Labute approximate surface area is 181 Å². The quantitative estimate of drug-likeness (QED) is 0.442. The molecule has 2 aromatic heterocycles. The van der Waals surface area contributed by atoms with Crippen LogP contribution in [0.4, 0.5) is 6.01 Å². The van der Waals surface area contributed by atoms with Crippen molar-refractivity contribution in [2.45, 2.75) is 45.9 Å². The molecule has 0 fully saturated rings. The number of aryl methyl sites for hydroxylation is 1. The number of rotatable bonds is 8. The van der Waals surface area contributed by atoms with Crippen LogP contribution in [-0.4, -0.2) is 25.1 Å². The summed E-state index contributed by atoms with van der Waals surface area (Å²) in [6.45, 7) is 6.51. The van der Waals surface area contributed by atoms with Gasteiger partial charge in [-0.25, -0.2) is 0 Å². The third kappa shape index (κ3) is 5.00. The maximum absolute atomic E-state index is 10.0. The standard InChI is InChI=1S/C24H27N5O2/c1-4-17-10-12-19(13-11-17)21-20(14-25-23-27-26-22(31-23)24(2,3)30)16-29(28-21)15-18-8-6-5-7-9-18/h5-13,16,30H,4,14-15H2,1-3H3,(H,25,27). The second-order valence-electron chi connectivity index (χ2n) is 8.06. The predicted octanol–water partition coefficient (Wildman–Crippen LogP) is 4.38. The van der Waals surface area contributed by atoms with Gasteiger partial charge in [0, 0.05) is 23.9 Å². The molecule has 2 heterocycles. The number of benzene rings is 2. The SMILES string of the molecule is CCc1ccc(-c2nn(Cc3ccccc3)cc2CNc2nnc(C(C)(C)O)o2)cc1. The van der Waals surface area contributed by atoms with Gasteiger partial charge in [-0.15, -0.1) is 5.10 Å². The molecule has 0 spiro atoms. The zero-order chi connectivity index (χ0) is 21.8. The first kappa shape index (κ1) is 20.8. The average Bonchev–Trinajstić information content (AvgIpc) is 3.40. The monoisotopic (exact) mass is 417 g/mol. The maximum atomic E-state index is 10.0. The molecular formula is C24H27N5O2. The van der Waals surface area contributed by atoms with E-state index in [2.05, 4.69) is 58.8 Å². The Morgan fingerprint density at radius 3 is 2.39 bits per heavy atom. The van der Waals surface area contributed by atoms with Crippen molar-refractivity contribution in [3.8, 4) is 11.3 Å². The molecule has 0 bridgehead atoms. The fourth-order valence-corrected chi connectivity index (χ4v) is 3.30. The molecule has 0 aliphatic heterocycles. The largest absolute Gasteiger partial charge is 0.405 e. The highest BCUT2D eigenvalue weighted by molar-refractivity contribution is 5.63. The molecule has 7 heteroatoms. The van der Waals surface area contributed by atoms with E-state index in [1.165, 1.54) is 11.1 Å². The van der Waals surface area contributed by atoms with Crippen LogP contribution in [-0.2, 0) is 25.1 Å². The van der Waals surface area contributed by atoms with Gasteiger partial charge in [-0.05, 0) is 31.4 Å². The van der Waals surface area contributed by atoms with Gasteiger partial charge >= 0.3 is 6.01 Å². The molecule has 0 radical (unpaired) electrons. The van der Waals surface area contributed by atoms with Crippen LogP contribution in [0.25, 0.3) is 11.3 Å². The Morgan fingerprint density at radius 2 is 1.74 bits per heavy atom. The summed E-state index contributed by atoms with van der Waals surface area (Å²) < 4.78 is 7.49. The van der Waals surface area contributed by atoms with Crippen LogP contribution in [0.5, 0.6) is 0 Å². The van der Waals surface area contributed by atoms with Gasteiger partial charge in [-0.1, -0.05) is 66.6 Å². The third-order valence-corrected chi connectivity index (χ3v) is 5.04. The van der Waals surface area contributed by atoms with Crippen LogP contribution >= 0.6 is 0 Å². The van der Waals surface area contributed by atoms with E-state index in [4.69, 9.17) is 9.52 Å². The van der Waals surface area contributed by atoms with Crippen molar-refractivity contribution in [2.24, 2.45) is 0 Å². The summed E-state index contributed by atoms with van der Waals surface area (Å²) in [5.41, 5.74) is 4.28. The summed E-state index contributed by atoms with van der Waals surface area (Å²) in [6, 6.07) is 19.0. The van der Waals surface area contributed by atoms with Gasteiger partial charge < -0.3 is 14.8 Å². The lowest BCUT2D eigenvalue weighted by atomic mass is 10.1. The lowest BCUT2D eigenvalue weighted by Gasteiger charge is -2.10. The molecule has 4 rings (SSSR count). The van der Waals surface area contributed by atoms with Crippen molar-refractivity contribution in [3.05, 3.63) is 83.4 Å². The summed E-state index contributed by atoms with van der Waals surface area (Å²) in [4.78, 5) is 0. The normalized spacial score (nSPS) is 11.6. The fraction of sp³-hybridized carbons (Fsp3) is 0.292. The van der Waals surface area contributed by atoms with Gasteiger partial charge in [0.25, 0.3) is 0 Å². The highest BCUT2D eigenvalue weighted by Gasteiger charge is 2.24. The smallest absolute Gasteiger partial charge is 0.315 e. The number of nitrogens with one attached hydrogen (secondary N) is 1. The molecule has 0 aliphatic carbocycles. The van der Waals surface area contributed by atoms with Crippen molar-refractivity contribution in [2.75, 3.05) is 5.32 Å². The summed E-state index contributed by atoms with van der Waals surface area (Å²) in [6.07, 6.45) is 3.04. The maximum Gasteiger partial charge on any atom is 0.315 e. The van der Waals surface area contributed by atoms with Crippen LogP contribution < -0.4 is 5.32 Å². The summed E-state index contributed by atoms with van der Waals surface area (Å²) in [5.74, 6) is 0.171. The Kier molecular flexibility index (Phi) is 5.86. The van der Waals surface area contributed by atoms with E-state index in [-0.39, 0.29) is 11.9 Å². The predicted molar refractivity (Wildman–Crippen MR) is 119 cm³/mol. The van der Waals surface area contributed by atoms with Crippen molar-refractivity contribution in [3.63, 3.8) is 0 Å². The zero-order valence-electron chi connectivity index (χ0n) is 18.0. The molecule has 4 aromatic rings. The summed E-state index contributed by atoms with van der Waals surface area (Å²) >= 11 is 0. The highest BCUT2D eigenvalue weighted by atomic mass is 16.4. The van der Waals surface area contributed by atoms with E-state index in [0.717, 1.165) is 23.2 Å². The second kappa shape index (κ2) is 8.73. The van der Waals surface area contributed by atoms with E-state index in [0.29, 0.717) is 13.1 Å². The molecule has 0 saturated heterocycles. The number of anilines is 1. The lowest BCUT2D eigenvalue weighted by Crippen LogP contribution is -2.15. The van der Waals surface area contributed by atoms with E-state index >= 15 is 0 Å². The molecule has 2 N–H and O–H groups in total. The summed E-state index contributed by atoms with van der Waals surface area (Å²) in [5, 5.41) is 25.9. The summed E-state index contributed by atoms with van der Waals surface area (Å²) in [7, 11) is 0. The number of hydrogen-bond acceptors (Lipinski definition) is 6. The van der Waals surface area contributed by atoms with Gasteiger partial charge in [0.05, 0.1) is 12.2 Å². The molecule has 0 atom stereocenters.